The van der Waals surface area contributed by atoms with E-state index in [1.165, 1.54) is 6.21 Å². The van der Waals surface area contributed by atoms with Gasteiger partial charge in [-0.15, -0.1) is 0 Å². The fourth-order valence-corrected chi connectivity index (χ4v) is 2.97. The molecule has 32 heavy (non-hydrogen) atoms. The molecule has 0 heterocycles. The topological polar surface area (TPSA) is 79.8 Å². The van der Waals surface area contributed by atoms with Gasteiger partial charge in [0.1, 0.15) is 12.4 Å². The molecule has 0 bridgehead atoms. The highest BCUT2D eigenvalue weighted by Gasteiger charge is 2.11. The molecule has 0 radical (unpaired) electrons. The maximum Gasteiger partial charge on any atom is 0.329 e. The molecule has 0 aliphatic heterocycles. The normalized spacial score (nSPS) is 10.7. The second kappa shape index (κ2) is 11.5. The highest BCUT2D eigenvalue weighted by molar-refractivity contribution is 6.42. The summed E-state index contributed by atoms with van der Waals surface area (Å²) in [5.74, 6) is -1.00. The van der Waals surface area contributed by atoms with Gasteiger partial charge in [-0.3, -0.25) is 9.59 Å². The van der Waals surface area contributed by atoms with Gasteiger partial charge in [0.25, 0.3) is 0 Å². The number of hydrazone groups is 1. The molecular formula is C23H18Cl3N3O3. The van der Waals surface area contributed by atoms with Gasteiger partial charge in [-0.05, 0) is 65.2 Å². The van der Waals surface area contributed by atoms with Gasteiger partial charge in [0.2, 0.25) is 0 Å². The van der Waals surface area contributed by atoms with Crippen LogP contribution >= 0.6 is 34.8 Å². The van der Waals surface area contributed by atoms with Crippen LogP contribution in [0.1, 0.15) is 16.7 Å². The van der Waals surface area contributed by atoms with E-state index in [0.29, 0.717) is 33.0 Å². The largest absolute Gasteiger partial charge is 0.489 e. The first-order valence-electron chi connectivity index (χ1n) is 9.43. The molecule has 6 nitrogen and oxygen atoms in total. The summed E-state index contributed by atoms with van der Waals surface area (Å²) in [7, 11) is 0. The van der Waals surface area contributed by atoms with Crippen molar-refractivity contribution in [3.63, 3.8) is 0 Å². The third-order valence-electron chi connectivity index (χ3n) is 4.22. The predicted molar refractivity (Wildman–Crippen MR) is 126 cm³/mol. The van der Waals surface area contributed by atoms with Crippen LogP contribution in [0.15, 0.2) is 71.8 Å². The van der Waals surface area contributed by atoms with Crippen molar-refractivity contribution in [2.75, 3.05) is 0 Å². The minimum atomic E-state index is -0.864. The predicted octanol–water partition coefficient (Wildman–Crippen LogP) is 4.99. The maximum absolute atomic E-state index is 11.8. The second-order valence-corrected chi connectivity index (χ2v) is 7.87. The summed E-state index contributed by atoms with van der Waals surface area (Å²) in [4.78, 5) is 23.7. The summed E-state index contributed by atoms with van der Waals surface area (Å²) in [5, 5.41) is 7.87. The van der Waals surface area contributed by atoms with E-state index in [0.717, 1.165) is 11.1 Å². The van der Waals surface area contributed by atoms with Gasteiger partial charge in [-0.1, -0.05) is 53.0 Å². The Morgan fingerprint density at radius 2 is 1.53 bits per heavy atom. The molecule has 0 atom stereocenters. The average molecular weight is 491 g/mol. The smallest absolute Gasteiger partial charge is 0.329 e. The van der Waals surface area contributed by atoms with Crippen LogP contribution < -0.4 is 15.5 Å². The van der Waals surface area contributed by atoms with Crippen LogP contribution in [0.25, 0.3) is 0 Å². The fraction of sp³-hybridized carbons (Fsp3) is 0.0870. The van der Waals surface area contributed by atoms with Crippen molar-refractivity contribution in [2.24, 2.45) is 5.10 Å². The summed E-state index contributed by atoms with van der Waals surface area (Å²) >= 11 is 17.7. The number of hydrogen-bond donors (Lipinski definition) is 2. The van der Waals surface area contributed by atoms with Crippen molar-refractivity contribution in [3.05, 3.63) is 98.5 Å². The molecule has 0 aliphatic rings. The average Bonchev–Trinajstić information content (AvgIpc) is 2.80. The van der Waals surface area contributed by atoms with E-state index in [2.05, 4.69) is 15.8 Å². The molecule has 2 N–H and O–H groups in total. The Balaban J connectivity index is 1.43. The van der Waals surface area contributed by atoms with E-state index >= 15 is 0 Å². The number of amides is 2. The summed E-state index contributed by atoms with van der Waals surface area (Å²) in [5.41, 5.74) is 4.62. The number of carbonyl (C=O) groups is 2. The summed E-state index contributed by atoms with van der Waals surface area (Å²) in [6.45, 7) is 0.544. The first-order chi connectivity index (χ1) is 15.4. The quantitative estimate of drug-likeness (QED) is 0.278. The molecule has 0 spiro atoms. The van der Waals surface area contributed by atoms with E-state index in [9.17, 15) is 9.59 Å². The Morgan fingerprint density at radius 3 is 2.22 bits per heavy atom. The molecule has 0 aromatic heterocycles. The van der Waals surface area contributed by atoms with Gasteiger partial charge in [-0.25, -0.2) is 5.43 Å². The number of rotatable bonds is 7. The number of hydrogen-bond acceptors (Lipinski definition) is 4. The first-order valence-corrected chi connectivity index (χ1v) is 10.6. The second-order valence-electron chi connectivity index (χ2n) is 6.61. The lowest BCUT2D eigenvalue weighted by molar-refractivity contribution is -0.139. The molecule has 0 saturated heterocycles. The zero-order chi connectivity index (χ0) is 22.9. The van der Waals surface area contributed by atoms with Crippen molar-refractivity contribution in [2.45, 2.75) is 13.2 Å². The first kappa shape index (κ1) is 23.6. The maximum atomic E-state index is 11.8. The fourth-order valence-electron chi connectivity index (χ4n) is 2.53. The van der Waals surface area contributed by atoms with Crippen molar-refractivity contribution in [3.8, 4) is 5.75 Å². The molecule has 2 amide bonds. The Morgan fingerprint density at radius 1 is 0.844 bits per heavy atom. The highest BCUT2D eigenvalue weighted by atomic mass is 35.5. The molecule has 3 aromatic carbocycles. The number of nitrogens with one attached hydrogen (secondary N) is 2. The van der Waals surface area contributed by atoms with E-state index in [1.54, 1.807) is 60.7 Å². The monoisotopic (exact) mass is 489 g/mol. The molecule has 0 aliphatic carbocycles. The Kier molecular flexibility index (Phi) is 8.50. The molecule has 0 fully saturated rings. The van der Waals surface area contributed by atoms with Gasteiger partial charge in [0.05, 0.1) is 16.3 Å². The number of halogens is 3. The number of nitrogens with zero attached hydrogens (tertiary/aromatic N) is 1. The van der Waals surface area contributed by atoms with Crippen LogP contribution in [-0.4, -0.2) is 18.0 Å². The Hall–Kier alpha value is -3.06. The number of benzene rings is 3. The van der Waals surface area contributed by atoms with Crippen LogP contribution in [0.2, 0.25) is 15.1 Å². The Labute approximate surface area is 200 Å². The summed E-state index contributed by atoms with van der Waals surface area (Å²) in [6, 6.07) is 19.3. The summed E-state index contributed by atoms with van der Waals surface area (Å²) in [6.07, 6.45) is 1.42. The lowest BCUT2D eigenvalue weighted by atomic mass is 10.2. The van der Waals surface area contributed by atoms with Crippen molar-refractivity contribution in [1.82, 2.24) is 10.7 Å². The number of ether oxygens (including phenoxy) is 1. The number of carbonyl (C=O) groups excluding carboxylic acids is 2. The van der Waals surface area contributed by atoms with Gasteiger partial charge in [0, 0.05) is 11.6 Å². The third kappa shape index (κ3) is 7.27. The standard InChI is InChI=1S/C23H18Cl3N3O3/c24-18-6-1-15(2-7-18)12-27-22(30)23(31)29-28-13-16-3-8-19(9-4-16)32-14-17-5-10-20(25)21(26)11-17/h1-11,13H,12,14H2,(H,27,30)(H,29,31)/b28-13-. The molecule has 3 aromatic rings. The summed E-state index contributed by atoms with van der Waals surface area (Å²) < 4.78 is 5.71. The van der Waals surface area contributed by atoms with E-state index in [4.69, 9.17) is 39.5 Å². The molecule has 3 rings (SSSR count). The van der Waals surface area contributed by atoms with Crippen molar-refractivity contribution < 1.29 is 14.3 Å². The van der Waals surface area contributed by atoms with Crippen LogP contribution in [0.3, 0.4) is 0 Å². The zero-order valence-corrected chi connectivity index (χ0v) is 18.9. The van der Waals surface area contributed by atoms with Gasteiger partial charge in [-0.2, -0.15) is 5.10 Å². The van der Waals surface area contributed by atoms with Crippen molar-refractivity contribution >= 4 is 52.8 Å². The SMILES string of the molecule is O=C(NCc1ccc(Cl)cc1)C(=O)N/N=C\c1ccc(OCc2ccc(Cl)c(Cl)c2)cc1. The van der Waals surface area contributed by atoms with Crippen LogP contribution in [0.5, 0.6) is 5.75 Å². The lowest BCUT2D eigenvalue weighted by Crippen LogP contribution is -2.37. The minimum Gasteiger partial charge on any atom is -0.489 e. The van der Waals surface area contributed by atoms with Crippen LogP contribution in [-0.2, 0) is 22.7 Å². The molecule has 164 valence electrons. The van der Waals surface area contributed by atoms with Gasteiger partial charge >= 0.3 is 11.8 Å². The molecule has 0 saturated carbocycles. The third-order valence-corrected chi connectivity index (χ3v) is 5.21. The zero-order valence-electron chi connectivity index (χ0n) is 16.6. The molecule has 9 heteroatoms. The van der Waals surface area contributed by atoms with E-state index < -0.39 is 11.8 Å². The molecular weight excluding hydrogens is 473 g/mol. The van der Waals surface area contributed by atoms with Crippen LogP contribution in [0, 0.1) is 0 Å². The highest BCUT2D eigenvalue weighted by Crippen LogP contribution is 2.23. The van der Waals surface area contributed by atoms with E-state index in [-0.39, 0.29) is 6.54 Å². The van der Waals surface area contributed by atoms with E-state index in [1.807, 2.05) is 6.07 Å². The van der Waals surface area contributed by atoms with Gasteiger partial charge in [0.15, 0.2) is 0 Å². The lowest BCUT2D eigenvalue weighted by Gasteiger charge is -2.07. The van der Waals surface area contributed by atoms with Crippen LogP contribution in [0.4, 0.5) is 0 Å². The van der Waals surface area contributed by atoms with Gasteiger partial charge < -0.3 is 10.1 Å². The molecule has 0 unspecified atom stereocenters. The Bertz CT molecular complexity index is 1120. The van der Waals surface area contributed by atoms with Crippen molar-refractivity contribution in [1.29, 1.82) is 0 Å². The minimum absolute atomic E-state index is 0.205.